The number of amides is 2. The highest BCUT2D eigenvalue weighted by atomic mass is 16.5. The summed E-state index contributed by atoms with van der Waals surface area (Å²) in [7, 11) is 3.24. The van der Waals surface area contributed by atoms with Gasteiger partial charge in [-0.05, 0) is 117 Å². The molecule has 1 aliphatic heterocycles. The van der Waals surface area contributed by atoms with Crippen LogP contribution >= 0.6 is 0 Å². The summed E-state index contributed by atoms with van der Waals surface area (Å²) in [5.74, 6) is -0.624. The minimum atomic E-state index is -1.05. The van der Waals surface area contributed by atoms with E-state index in [1.807, 2.05) is 71.2 Å². The fourth-order valence-corrected chi connectivity index (χ4v) is 10.3. The van der Waals surface area contributed by atoms with E-state index in [0.29, 0.717) is 74.6 Å². The molecule has 76 heavy (non-hydrogen) atoms. The topological polar surface area (TPSA) is 239 Å². The molecule has 2 fully saturated rings. The molecule has 0 bridgehead atoms. The summed E-state index contributed by atoms with van der Waals surface area (Å²) in [6.07, 6.45) is 17.3. The number of rotatable bonds is 34. The van der Waals surface area contributed by atoms with Crippen LogP contribution in [0.25, 0.3) is 0 Å². The van der Waals surface area contributed by atoms with Crippen molar-refractivity contribution in [3.05, 3.63) is 83.4 Å². The number of pyridine rings is 2. The van der Waals surface area contributed by atoms with Gasteiger partial charge in [-0.25, -0.2) is 19.6 Å². The van der Waals surface area contributed by atoms with Gasteiger partial charge in [0.05, 0.1) is 50.7 Å². The number of quaternary nitrogens is 1. The Labute approximate surface area is 448 Å². The molecule has 0 radical (unpaired) electrons. The van der Waals surface area contributed by atoms with E-state index < -0.39 is 17.9 Å². The van der Waals surface area contributed by atoms with Crippen molar-refractivity contribution in [3.8, 4) is 11.6 Å². The monoisotopic (exact) mass is 1050 g/mol. The van der Waals surface area contributed by atoms with Gasteiger partial charge in [0.1, 0.15) is 11.6 Å². The summed E-state index contributed by atoms with van der Waals surface area (Å²) in [5.41, 5.74) is 3.81. The normalized spacial score (nSPS) is 14.5. The van der Waals surface area contributed by atoms with Crippen molar-refractivity contribution in [1.82, 2.24) is 30.3 Å². The second-order valence-corrected chi connectivity index (χ2v) is 22.1. The quantitative estimate of drug-likeness (QED) is 0.0255. The van der Waals surface area contributed by atoms with Gasteiger partial charge in [-0.1, -0.05) is 57.2 Å². The molecule has 19 nitrogen and oxygen atoms in total. The minimum absolute atomic E-state index is 0.0247. The summed E-state index contributed by atoms with van der Waals surface area (Å²) in [6, 6.07) is 15.2. The third-order valence-electron chi connectivity index (χ3n) is 14.8. The number of likely N-dealkylation sites (N-methyl/N-ethyl adjacent to an activating group) is 1. The summed E-state index contributed by atoms with van der Waals surface area (Å²) in [6.45, 7) is 9.44. The number of methoxy groups -OCH3 is 1. The van der Waals surface area contributed by atoms with Gasteiger partial charge in [-0.15, -0.1) is 5.10 Å². The van der Waals surface area contributed by atoms with Crippen molar-refractivity contribution >= 4 is 41.2 Å². The van der Waals surface area contributed by atoms with Crippen LogP contribution in [0.3, 0.4) is 0 Å². The summed E-state index contributed by atoms with van der Waals surface area (Å²) < 4.78 is 13.7. The molecule has 2 amide bonds. The molecule has 3 aromatic heterocycles. The number of nitrogens with one attached hydrogen (secondary N) is 1. The lowest BCUT2D eigenvalue weighted by Crippen LogP contribution is -2.51. The van der Waals surface area contributed by atoms with Crippen LogP contribution in [0.15, 0.2) is 60.9 Å². The van der Waals surface area contributed by atoms with E-state index in [9.17, 15) is 24.3 Å². The van der Waals surface area contributed by atoms with Crippen LogP contribution in [0, 0.1) is 24.2 Å². The number of piperidine rings is 1. The molecule has 2 aliphatic rings. The van der Waals surface area contributed by atoms with Crippen LogP contribution in [-0.2, 0) is 32.1 Å². The maximum Gasteiger partial charge on any atom is 0.359 e. The lowest BCUT2D eigenvalue weighted by molar-refractivity contribution is -0.895. The highest BCUT2D eigenvalue weighted by Gasteiger charge is 2.35. The van der Waals surface area contributed by atoms with Crippen LogP contribution in [-0.4, -0.2) is 141 Å². The first-order valence-corrected chi connectivity index (χ1v) is 27.3. The fourth-order valence-electron chi connectivity index (χ4n) is 10.3. The number of carboxylic acids is 3. The largest absolute Gasteiger partial charge is 0.497 e. The van der Waals surface area contributed by atoms with Gasteiger partial charge in [-0.3, -0.25) is 24.0 Å². The van der Waals surface area contributed by atoms with Gasteiger partial charge in [0.15, 0.2) is 13.1 Å². The number of benzene rings is 1. The minimum Gasteiger partial charge on any atom is -0.497 e. The maximum absolute atomic E-state index is 15.0. The highest BCUT2D eigenvalue weighted by molar-refractivity contribution is 6.09. The SMILES string of the molecule is COc1ccc(C(=O)N(CC(C)(C)CCn2cc(CCCCCCCCCC(=O)NCCC[N+](C)(CC(=O)O)CC(=O)O)nn2)c2cccc(C)n2)c(N2CCC(COc3cc([C@@H](CC(=O)O)C4CC4)ccn3)CC2)c1. The smallest absolute Gasteiger partial charge is 0.359 e. The number of anilines is 2. The number of aliphatic carboxylic acids is 3. The standard InChI is InChI=1S/C57H81N9O10/c1-41-15-13-17-50(60-41)65(56(74)47-22-21-46(75-5)34-49(47)63-29-24-42(25-30-63)39-76-52-33-44(23-28-59-52)48(35-53(68)69)43-19-20-43)40-57(2,3)26-31-64-36-45(61-62-64)16-11-9-7-6-8-10-12-18-51(67)58-27-14-32-66(4,37-54(70)71)38-55(72)73/h13,15,17,21-23,28,33-34,36,42-43,48H,6-12,14,16,18-20,24-27,29-32,35,37-40H2,1-5H3,(H3-,58,67,68,69,70,71,72,73)/p+1/t48-/m0/s1. The van der Waals surface area contributed by atoms with Crippen molar-refractivity contribution in [2.24, 2.45) is 17.3 Å². The van der Waals surface area contributed by atoms with E-state index >= 15 is 4.79 Å². The van der Waals surface area contributed by atoms with E-state index in [0.717, 1.165) is 119 Å². The molecule has 414 valence electrons. The Bertz CT molecular complexity index is 2520. The van der Waals surface area contributed by atoms with Crippen molar-refractivity contribution in [2.45, 2.75) is 136 Å². The predicted octanol–water partition coefficient (Wildman–Crippen LogP) is 8.20. The van der Waals surface area contributed by atoms with Crippen LogP contribution < -0.4 is 24.6 Å². The molecule has 6 rings (SSSR count). The van der Waals surface area contributed by atoms with Crippen LogP contribution in [0.4, 0.5) is 11.5 Å². The third kappa shape index (κ3) is 19.2. The number of hydrogen-bond donors (Lipinski definition) is 4. The van der Waals surface area contributed by atoms with Crippen molar-refractivity contribution in [2.75, 3.05) is 76.4 Å². The van der Waals surface area contributed by atoms with Gasteiger partial charge in [0.25, 0.3) is 5.91 Å². The Morgan fingerprint density at radius 1 is 0.882 bits per heavy atom. The second kappa shape index (κ2) is 28.5. The zero-order valence-electron chi connectivity index (χ0n) is 45.5. The van der Waals surface area contributed by atoms with E-state index in [1.54, 1.807) is 20.4 Å². The van der Waals surface area contributed by atoms with E-state index in [4.69, 9.17) is 24.7 Å². The van der Waals surface area contributed by atoms with Gasteiger partial charge in [0.2, 0.25) is 11.8 Å². The number of hydrogen-bond acceptors (Lipinski definition) is 12. The summed E-state index contributed by atoms with van der Waals surface area (Å²) in [5, 5.41) is 39.6. The molecule has 1 saturated heterocycles. The molecule has 1 aromatic carbocycles. The van der Waals surface area contributed by atoms with E-state index in [1.165, 1.54) is 0 Å². The lowest BCUT2D eigenvalue weighted by Gasteiger charge is -2.36. The second-order valence-electron chi connectivity index (χ2n) is 22.1. The molecule has 1 saturated carbocycles. The first-order chi connectivity index (χ1) is 36.4. The maximum atomic E-state index is 15.0. The zero-order valence-corrected chi connectivity index (χ0v) is 45.5. The van der Waals surface area contributed by atoms with E-state index in [2.05, 4.69) is 39.4 Å². The Kier molecular flexibility index (Phi) is 22.0. The third-order valence-corrected chi connectivity index (χ3v) is 14.8. The Morgan fingerprint density at radius 3 is 2.26 bits per heavy atom. The number of carbonyl (C=O) groups excluding carboxylic acids is 2. The molecular formula is C57H82N9O10+. The molecule has 19 heteroatoms. The number of unbranched alkanes of at least 4 members (excludes halogenated alkanes) is 6. The van der Waals surface area contributed by atoms with Crippen LogP contribution in [0.5, 0.6) is 11.6 Å². The van der Waals surface area contributed by atoms with Crippen LogP contribution in [0.1, 0.15) is 143 Å². The average molecular weight is 1050 g/mol. The van der Waals surface area contributed by atoms with Gasteiger partial charge >= 0.3 is 17.9 Å². The van der Waals surface area contributed by atoms with Gasteiger partial charge < -0.3 is 39.5 Å². The number of aryl methyl sites for hydroxylation is 3. The zero-order chi connectivity index (χ0) is 54.7. The molecule has 4 N–H and O–H groups in total. The van der Waals surface area contributed by atoms with Crippen LogP contribution in [0.2, 0.25) is 0 Å². The number of carbonyl (C=O) groups is 5. The highest BCUT2D eigenvalue weighted by Crippen LogP contribution is 2.45. The fraction of sp³-hybridized carbons (Fsp3) is 0.596. The summed E-state index contributed by atoms with van der Waals surface area (Å²) in [4.78, 5) is 74.7. The molecule has 0 spiro atoms. The summed E-state index contributed by atoms with van der Waals surface area (Å²) >= 11 is 0. The number of nitrogens with zero attached hydrogens (tertiary/aromatic N) is 8. The Balaban J connectivity index is 0.938. The predicted molar refractivity (Wildman–Crippen MR) is 289 cm³/mol. The lowest BCUT2D eigenvalue weighted by atomic mass is 9.88. The molecule has 1 aliphatic carbocycles. The first-order valence-electron chi connectivity index (χ1n) is 27.3. The number of ether oxygens (including phenoxy) is 2. The van der Waals surface area contributed by atoms with Gasteiger partial charge in [0, 0.05) is 75.8 Å². The molecule has 0 unspecified atom stereocenters. The number of aromatic nitrogens is 5. The van der Waals surface area contributed by atoms with Crippen molar-refractivity contribution in [1.29, 1.82) is 0 Å². The first kappa shape index (κ1) is 58.6. The Hall–Kier alpha value is -6.63. The van der Waals surface area contributed by atoms with Crippen molar-refractivity contribution in [3.63, 3.8) is 0 Å². The molecule has 4 heterocycles. The van der Waals surface area contributed by atoms with Crippen molar-refractivity contribution < 1.29 is 53.2 Å². The van der Waals surface area contributed by atoms with Gasteiger partial charge in [-0.2, -0.15) is 0 Å². The number of carboxylic acid groups (broad SMARTS) is 3. The average Bonchev–Trinajstić information content (AvgIpc) is 4.13. The Morgan fingerprint density at radius 2 is 1.59 bits per heavy atom. The van der Waals surface area contributed by atoms with E-state index in [-0.39, 0.29) is 53.1 Å². The molecule has 4 aromatic rings. The molecule has 1 atom stereocenters. The molecular weight excluding hydrogens is 971 g/mol.